The van der Waals surface area contributed by atoms with Crippen molar-refractivity contribution in [2.24, 2.45) is 0 Å². The lowest BCUT2D eigenvalue weighted by Crippen LogP contribution is -2.35. The lowest BCUT2D eigenvalue weighted by molar-refractivity contribution is 0.374. The topological polar surface area (TPSA) is 24.9 Å². The number of halogens is 1. The van der Waals surface area contributed by atoms with E-state index >= 15 is 0 Å². The van der Waals surface area contributed by atoms with Crippen LogP contribution in [0.15, 0.2) is 16.6 Å². The molecule has 0 aliphatic carbocycles. The van der Waals surface area contributed by atoms with Crippen molar-refractivity contribution in [3.63, 3.8) is 0 Å². The molecule has 64 valence electrons. The lowest BCUT2D eigenvalue weighted by Gasteiger charge is -2.27. The molecule has 0 spiro atoms. The van der Waals surface area contributed by atoms with Crippen molar-refractivity contribution >= 4 is 15.9 Å². The maximum atomic E-state index is 4.49. The van der Waals surface area contributed by atoms with Crippen molar-refractivity contribution in [2.75, 3.05) is 6.54 Å². The SMILES string of the molecule is Cc1nc([C@@H]2CCN2)ccc1Br. The molecule has 0 bridgehead atoms. The third-order valence-corrected chi connectivity index (χ3v) is 3.06. The fourth-order valence-electron chi connectivity index (χ4n) is 1.30. The number of hydrogen-bond donors (Lipinski definition) is 1. The highest BCUT2D eigenvalue weighted by Crippen LogP contribution is 2.23. The predicted molar refractivity (Wildman–Crippen MR) is 52.0 cm³/mol. The summed E-state index contributed by atoms with van der Waals surface area (Å²) in [6.45, 7) is 3.15. The van der Waals surface area contributed by atoms with Gasteiger partial charge in [0.2, 0.25) is 0 Å². The molecule has 1 aliphatic heterocycles. The molecule has 1 atom stereocenters. The van der Waals surface area contributed by atoms with Crippen LogP contribution in [0, 0.1) is 6.92 Å². The summed E-state index contributed by atoms with van der Waals surface area (Å²) in [5.74, 6) is 0. The summed E-state index contributed by atoms with van der Waals surface area (Å²) in [5.41, 5.74) is 2.24. The van der Waals surface area contributed by atoms with E-state index in [9.17, 15) is 0 Å². The molecule has 1 saturated heterocycles. The summed E-state index contributed by atoms with van der Waals surface area (Å²) in [6.07, 6.45) is 1.22. The van der Waals surface area contributed by atoms with E-state index in [4.69, 9.17) is 0 Å². The molecule has 2 nitrogen and oxygen atoms in total. The van der Waals surface area contributed by atoms with Gasteiger partial charge in [0.15, 0.2) is 0 Å². The predicted octanol–water partition coefficient (Wildman–Crippen LogP) is 2.19. The second-order valence-electron chi connectivity index (χ2n) is 3.10. The first-order chi connectivity index (χ1) is 5.77. The molecular weight excluding hydrogens is 216 g/mol. The monoisotopic (exact) mass is 226 g/mol. The van der Waals surface area contributed by atoms with Crippen molar-refractivity contribution < 1.29 is 0 Å². The van der Waals surface area contributed by atoms with Crippen molar-refractivity contribution in [2.45, 2.75) is 19.4 Å². The summed E-state index contributed by atoms with van der Waals surface area (Å²) >= 11 is 3.44. The highest BCUT2D eigenvalue weighted by molar-refractivity contribution is 9.10. The molecule has 0 unspecified atom stereocenters. The van der Waals surface area contributed by atoms with Crippen molar-refractivity contribution in [1.82, 2.24) is 10.3 Å². The second kappa shape index (κ2) is 3.15. The van der Waals surface area contributed by atoms with Gasteiger partial charge in [0.25, 0.3) is 0 Å². The van der Waals surface area contributed by atoms with Gasteiger partial charge in [-0.2, -0.15) is 0 Å². The van der Waals surface area contributed by atoms with Gasteiger partial charge in [-0.1, -0.05) is 0 Å². The van der Waals surface area contributed by atoms with E-state index in [2.05, 4.69) is 38.4 Å². The third kappa shape index (κ3) is 1.39. The minimum Gasteiger partial charge on any atom is -0.309 e. The van der Waals surface area contributed by atoms with Gasteiger partial charge in [0, 0.05) is 4.47 Å². The molecule has 0 amide bonds. The molecule has 1 aliphatic rings. The zero-order valence-corrected chi connectivity index (χ0v) is 8.56. The molecule has 1 fully saturated rings. The first-order valence-corrected chi connectivity index (χ1v) is 4.93. The highest BCUT2D eigenvalue weighted by Gasteiger charge is 2.19. The number of aryl methyl sites for hydroxylation is 1. The molecule has 1 N–H and O–H groups in total. The van der Waals surface area contributed by atoms with Crippen molar-refractivity contribution in [3.8, 4) is 0 Å². The Morgan fingerprint density at radius 1 is 1.58 bits per heavy atom. The van der Waals surface area contributed by atoms with Crippen LogP contribution in [-0.2, 0) is 0 Å². The van der Waals surface area contributed by atoms with Crippen LogP contribution in [0.5, 0.6) is 0 Å². The number of nitrogens with zero attached hydrogens (tertiary/aromatic N) is 1. The van der Waals surface area contributed by atoms with Gasteiger partial charge in [-0.25, -0.2) is 0 Å². The Labute approximate surface area is 80.5 Å². The standard InChI is InChI=1S/C9H11BrN2/c1-6-7(10)2-3-9(12-6)8-4-5-11-8/h2-3,8,11H,4-5H2,1H3/t8-/m0/s1. The first-order valence-electron chi connectivity index (χ1n) is 4.14. The van der Waals surface area contributed by atoms with Crippen molar-refractivity contribution in [1.29, 1.82) is 0 Å². The summed E-state index contributed by atoms with van der Waals surface area (Å²) in [6, 6.07) is 4.64. The Morgan fingerprint density at radius 3 is 2.83 bits per heavy atom. The van der Waals surface area contributed by atoms with Crippen LogP contribution < -0.4 is 5.32 Å². The maximum Gasteiger partial charge on any atom is 0.0577 e. The highest BCUT2D eigenvalue weighted by atomic mass is 79.9. The normalized spacial score (nSPS) is 22.0. The summed E-state index contributed by atoms with van der Waals surface area (Å²) < 4.78 is 1.09. The maximum absolute atomic E-state index is 4.49. The van der Waals surface area contributed by atoms with Gasteiger partial charge >= 0.3 is 0 Å². The largest absolute Gasteiger partial charge is 0.309 e. The van der Waals surface area contributed by atoms with Gasteiger partial charge in [0.1, 0.15) is 0 Å². The van der Waals surface area contributed by atoms with Crippen LogP contribution in [0.1, 0.15) is 23.9 Å². The number of aromatic nitrogens is 1. The van der Waals surface area contributed by atoms with E-state index < -0.39 is 0 Å². The smallest absolute Gasteiger partial charge is 0.0577 e. The number of pyridine rings is 1. The summed E-state index contributed by atoms with van der Waals surface area (Å²) in [5, 5.41) is 3.33. The van der Waals surface area contributed by atoms with Crippen LogP contribution in [0.2, 0.25) is 0 Å². The third-order valence-electron chi connectivity index (χ3n) is 2.22. The van der Waals surface area contributed by atoms with Crippen LogP contribution in [0.3, 0.4) is 0 Å². The van der Waals surface area contributed by atoms with E-state index in [0.29, 0.717) is 6.04 Å². The quantitative estimate of drug-likeness (QED) is 0.795. The van der Waals surface area contributed by atoms with Gasteiger partial charge in [-0.3, -0.25) is 4.98 Å². The Hall–Kier alpha value is -0.410. The average Bonchev–Trinajstić information content (AvgIpc) is 1.93. The molecule has 3 heteroatoms. The Balaban J connectivity index is 2.27. The molecular formula is C9H11BrN2. The van der Waals surface area contributed by atoms with E-state index in [1.54, 1.807) is 0 Å². The number of rotatable bonds is 1. The molecule has 1 aromatic rings. The van der Waals surface area contributed by atoms with E-state index in [1.165, 1.54) is 12.1 Å². The fraction of sp³-hybridized carbons (Fsp3) is 0.444. The fourth-order valence-corrected chi connectivity index (χ4v) is 1.52. The Bertz CT molecular complexity index is 295. The minimum absolute atomic E-state index is 0.497. The van der Waals surface area contributed by atoms with Gasteiger partial charge in [-0.05, 0) is 48.0 Å². The van der Waals surface area contributed by atoms with Crippen LogP contribution >= 0.6 is 15.9 Å². The molecule has 2 heterocycles. The zero-order valence-electron chi connectivity index (χ0n) is 6.97. The summed E-state index contributed by atoms with van der Waals surface area (Å²) in [7, 11) is 0. The van der Waals surface area contributed by atoms with Crippen molar-refractivity contribution in [3.05, 3.63) is 28.0 Å². The van der Waals surface area contributed by atoms with E-state index in [1.807, 2.05) is 6.92 Å². The van der Waals surface area contributed by atoms with Gasteiger partial charge in [-0.15, -0.1) is 0 Å². The van der Waals surface area contributed by atoms with Crippen LogP contribution in [-0.4, -0.2) is 11.5 Å². The lowest BCUT2D eigenvalue weighted by atomic mass is 10.0. The van der Waals surface area contributed by atoms with E-state index in [0.717, 1.165) is 16.7 Å². The van der Waals surface area contributed by atoms with Gasteiger partial charge < -0.3 is 5.32 Å². The molecule has 0 saturated carbocycles. The van der Waals surface area contributed by atoms with Crippen LogP contribution in [0.4, 0.5) is 0 Å². The minimum atomic E-state index is 0.497. The first kappa shape index (κ1) is 8.20. The van der Waals surface area contributed by atoms with Gasteiger partial charge in [0.05, 0.1) is 17.4 Å². The molecule has 0 radical (unpaired) electrons. The zero-order chi connectivity index (χ0) is 8.55. The number of hydrogen-bond acceptors (Lipinski definition) is 2. The number of nitrogens with one attached hydrogen (secondary N) is 1. The van der Waals surface area contributed by atoms with E-state index in [-0.39, 0.29) is 0 Å². The second-order valence-corrected chi connectivity index (χ2v) is 3.95. The van der Waals surface area contributed by atoms with Crippen LogP contribution in [0.25, 0.3) is 0 Å². The Morgan fingerprint density at radius 2 is 2.33 bits per heavy atom. The average molecular weight is 227 g/mol. The molecule has 0 aromatic carbocycles. The molecule has 2 rings (SSSR count). The molecule has 1 aromatic heterocycles. The summed E-state index contributed by atoms with van der Waals surface area (Å²) in [4.78, 5) is 4.49. The Kier molecular flexibility index (Phi) is 2.15. The molecule has 12 heavy (non-hydrogen) atoms.